The van der Waals surface area contributed by atoms with E-state index >= 15 is 0 Å². The first-order valence-corrected chi connectivity index (χ1v) is 16.0. The van der Waals surface area contributed by atoms with Crippen LogP contribution in [-0.2, 0) is 36.4 Å². The minimum Gasteiger partial charge on any atom is -0.465 e. The van der Waals surface area contributed by atoms with Gasteiger partial charge < -0.3 is 15.2 Å². The van der Waals surface area contributed by atoms with Crippen LogP contribution in [-0.4, -0.2) is 75.5 Å². The number of hydrogen-bond donors (Lipinski definition) is 1. The van der Waals surface area contributed by atoms with Crippen LogP contribution in [0.15, 0.2) is 45.0 Å². The van der Waals surface area contributed by atoms with Gasteiger partial charge in [0, 0.05) is 14.1 Å². The van der Waals surface area contributed by atoms with Crippen LogP contribution in [0.4, 0.5) is 28.8 Å². The second-order valence-corrected chi connectivity index (χ2v) is 11.2. The van der Waals surface area contributed by atoms with Crippen LogP contribution in [0.2, 0.25) is 0 Å². The van der Waals surface area contributed by atoms with Crippen molar-refractivity contribution in [2.45, 2.75) is 59.3 Å². The summed E-state index contributed by atoms with van der Waals surface area (Å²) in [6, 6.07) is 3.47. The standard InChI is InChI=1S/C31H39N15O4/c1-8-10-12-21-25(37-39-28-19(30(47)49-6)16-33-43(28)4)18(3)45(41-21)23-14-15-24(36-35-23)46-27(32)26(22(42-46)13-11-9-2)38-40-29-20(31(48)50-7)17-34-44(29)5/h14-17H,8-13,32H2,1-7H3. The van der Waals surface area contributed by atoms with Gasteiger partial charge in [-0.3, -0.25) is 0 Å². The maximum absolute atomic E-state index is 12.2. The Morgan fingerprint density at radius 2 is 1.20 bits per heavy atom. The number of methoxy groups -OCH3 is 2. The highest BCUT2D eigenvalue weighted by Crippen LogP contribution is 2.33. The van der Waals surface area contributed by atoms with Crippen LogP contribution in [0.1, 0.15) is 77.3 Å². The number of nitrogens with two attached hydrogens (primary N) is 1. The molecule has 5 heterocycles. The van der Waals surface area contributed by atoms with Gasteiger partial charge in [-0.05, 0) is 44.7 Å². The van der Waals surface area contributed by atoms with Crippen LogP contribution >= 0.6 is 0 Å². The Kier molecular flexibility index (Phi) is 10.8. The molecule has 5 aromatic rings. The number of aromatic nitrogens is 10. The molecule has 0 spiro atoms. The fraction of sp³-hybridized carbons (Fsp3) is 0.419. The van der Waals surface area contributed by atoms with Crippen molar-refractivity contribution in [3.8, 4) is 11.6 Å². The monoisotopic (exact) mass is 685 g/mol. The van der Waals surface area contributed by atoms with Gasteiger partial charge in [0.05, 0.1) is 43.7 Å². The maximum Gasteiger partial charge on any atom is 0.343 e. The third-order valence-electron chi connectivity index (χ3n) is 7.84. The van der Waals surface area contributed by atoms with Crippen LogP contribution in [0.25, 0.3) is 11.6 Å². The summed E-state index contributed by atoms with van der Waals surface area (Å²) in [5.74, 6) is 0.308. The van der Waals surface area contributed by atoms with E-state index < -0.39 is 11.9 Å². The van der Waals surface area contributed by atoms with Gasteiger partial charge in [0.2, 0.25) is 0 Å². The molecule has 0 unspecified atom stereocenters. The zero-order valence-electron chi connectivity index (χ0n) is 29.0. The Hall–Kier alpha value is -6.14. The fourth-order valence-electron chi connectivity index (χ4n) is 5.03. The maximum atomic E-state index is 12.2. The summed E-state index contributed by atoms with van der Waals surface area (Å²) in [6.07, 6.45) is 7.59. The molecule has 0 bridgehead atoms. The highest BCUT2D eigenvalue weighted by molar-refractivity contribution is 5.94. The quantitative estimate of drug-likeness (QED) is 0.117. The second-order valence-electron chi connectivity index (χ2n) is 11.2. The molecule has 0 radical (unpaired) electrons. The first kappa shape index (κ1) is 35.2. The molecule has 262 valence electrons. The van der Waals surface area contributed by atoms with Crippen molar-refractivity contribution >= 4 is 40.8 Å². The number of unbranched alkanes of at least 4 members (excludes halogenated alkanes) is 2. The van der Waals surface area contributed by atoms with E-state index in [9.17, 15) is 9.59 Å². The van der Waals surface area contributed by atoms with Crippen molar-refractivity contribution in [1.82, 2.24) is 49.3 Å². The average molecular weight is 686 g/mol. The first-order chi connectivity index (χ1) is 24.1. The molecule has 2 N–H and O–H groups in total. The Bertz CT molecular complexity index is 1900. The Balaban J connectivity index is 1.49. The Morgan fingerprint density at radius 1 is 0.740 bits per heavy atom. The molecule has 0 saturated carbocycles. The van der Waals surface area contributed by atoms with Gasteiger partial charge in [-0.1, -0.05) is 26.7 Å². The molecule has 0 atom stereocenters. The van der Waals surface area contributed by atoms with E-state index in [1.807, 2.05) is 6.92 Å². The summed E-state index contributed by atoms with van der Waals surface area (Å²) < 4.78 is 15.7. The molecule has 0 fully saturated rings. The van der Waals surface area contributed by atoms with E-state index in [4.69, 9.17) is 25.4 Å². The summed E-state index contributed by atoms with van der Waals surface area (Å²) in [5.41, 5.74) is 9.84. The van der Waals surface area contributed by atoms with Crippen LogP contribution in [0.5, 0.6) is 0 Å². The van der Waals surface area contributed by atoms with E-state index in [2.05, 4.69) is 54.7 Å². The zero-order valence-corrected chi connectivity index (χ0v) is 29.0. The topological polar surface area (TPSA) is 225 Å². The molecule has 5 rings (SSSR count). The smallest absolute Gasteiger partial charge is 0.343 e. The van der Waals surface area contributed by atoms with Gasteiger partial charge in [0.25, 0.3) is 0 Å². The first-order valence-electron chi connectivity index (χ1n) is 16.0. The van der Waals surface area contributed by atoms with E-state index in [0.717, 1.165) is 31.4 Å². The lowest BCUT2D eigenvalue weighted by Crippen LogP contribution is -2.08. The van der Waals surface area contributed by atoms with Crippen LogP contribution in [0.3, 0.4) is 0 Å². The number of anilines is 1. The number of rotatable bonds is 14. The number of esters is 2. The fourth-order valence-corrected chi connectivity index (χ4v) is 5.03. The predicted molar refractivity (Wildman–Crippen MR) is 180 cm³/mol. The summed E-state index contributed by atoms with van der Waals surface area (Å²) in [7, 11) is 5.88. The van der Waals surface area contributed by atoms with E-state index in [1.165, 1.54) is 40.7 Å². The normalized spacial score (nSPS) is 11.7. The molecule has 5 aromatic heterocycles. The molecular formula is C31H39N15O4. The highest BCUT2D eigenvalue weighted by Gasteiger charge is 2.22. The second kappa shape index (κ2) is 15.4. The number of hydrogen-bond acceptors (Lipinski definition) is 15. The molecular weight excluding hydrogens is 646 g/mol. The molecule has 0 aliphatic rings. The molecule has 19 heteroatoms. The summed E-state index contributed by atoms with van der Waals surface area (Å²) in [6.45, 7) is 6.02. The van der Waals surface area contributed by atoms with Crippen molar-refractivity contribution in [3.63, 3.8) is 0 Å². The van der Waals surface area contributed by atoms with Gasteiger partial charge in [-0.25, -0.2) is 23.6 Å². The van der Waals surface area contributed by atoms with Crippen molar-refractivity contribution in [1.29, 1.82) is 0 Å². The van der Waals surface area contributed by atoms with E-state index in [-0.39, 0.29) is 28.6 Å². The summed E-state index contributed by atoms with van der Waals surface area (Å²) in [5, 5.41) is 44.1. The molecule has 0 aliphatic carbocycles. The molecule has 0 amide bonds. The number of carbonyl (C=O) groups is 2. The van der Waals surface area contributed by atoms with Crippen LogP contribution < -0.4 is 5.73 Å². The number of ether oxygens (including phenoxy) is 2. The van der Waals surface area contributed by atoms with Crippen LogP contribution in [0, 0.1) is 6.92 Å². The predicted octanol–water partition coefficient (Wildman–Crippen LogP) is 5.29. The number of aryl methyl sites for hydroxylation is 4. The highest BCUT2D eigenvalue weighted by atomic mass is 16.5. The molecule has 0 aromatic carbocycles. The minimum absolute atomic E-state index is 0.167. The summed E-state index contributed by atoms with van der Waals surface area (Å²) >= 11 is 0. The van der Waals surface area contributed by atoms with Gasteiger partial charge in [0.1, 0.15) is 16.8 Å². The number of azo groups is 2. The van der Waals surface area contributed by atoms with Crippen molar-refractivity contribution in [3.05, 3.63) is 52.7 Å². The Labute approximate surface area is 287 Å². The lowest BCUT2D eigenvalue weighted by atomic mass is 10.2. The molecule has 50 heavy (non-hydrogen) atoms. The largest absolute Gasteiger partial charge is 0.465 e. The molecule has 0 saturated heterocycles. The molecule has 19 nitrogen and oxygen atoms in total. The lowest BCUT2D eigenvalue weighted by Gasteiger charge is -2.05. The molecule has 0 aliphatic heterocycles. The lowest BCUT2D eigenvalue weighted by molar-refractivity contribution is 0.0592. The van der Waals surface area contributed by atoms with Gasteiger partial charge >= 0.3 is 11.9 Å². The third kappa shape index (κ3) is 7.01. The number of nitrogens with zero attached hydrogens (tertiary/aromatic N) is 14. The van der Waals surface area contributed by atoms with Gasteiger partial charge in [-0.15, -0.1) is 30.7 Å². The number of nitrogen functional groups attached to an aromatic ring is 1. The SMILES string of the molecule is CCCCc1nn(-c2ccc(-n3nc(CCCC)c(N=Nc4c(C(=O)OC)cnn4C)c3N)nn2)c(C)c1N=Nc1c(C(=O)OC)cnn1C. The van der Waals surface area contributed by atoms with Gasteiger partial charge in [0.15, 0.2) is 34.8 Å². The summed E-state index contributed by atoms with van der Waals surface area (Å²) in [4.78, 5) is 24.4. The van der Waals surface area contributed by atoms with E-state index in [1.54, 1.807) is 30.9 Å². The van der Waals surface area contributed by atoms with E-state index in [0.29, 0.717) is 47.2 Å². The minimum atomic E-state index is -0.585. The van der Waals surface area contributed by atoms with Gasteiger partial charge in [-0.2, -0.15) is 25.1 Å². The number of carbonyl (C=O) groups excluding carboxylic acids is 2. The van der Waals surface area contributed by atoms with Crippen molar-refractivity contribution < 1.29 is 19.1 Å². The Morgan fingerprint density at radius 3 is 1.68 bits per heavy atom. The average Bonchev–Trinajstić information content (AvgIpc) is 3.86. The third-order valence-corrected chi connectivity index (χ3v) is 7.84. The van der Waals surface area contributed by atoms with Crippen molar-refractivity contribution in [2.24, 2.45) is 34.6 Å². The van der Waals surface area contributed by atoms with Crippen molar-refractivity contribution in [2.75, 3.05) is 20.0 Å². The zero-order chi connectivity index (χ0) is 35.9.